The molecular formula is C25H40F2O2. The van der Waals surface area contributed by atoms with E-state index in [1.165, 1.54) is 44.3 Å². The molecule has 4 heteroatoms. The monoisotopic (exact) mass is 410 g/mol. The van der Waals surface area contributed by atoms with Crippen molar-refractivity contribution in [2.45, 2.75) is 109 Å². The van der Waals surface area contributed by atoms with Crippen LogP contribution in [0.4, 0.5) is 8.78 Å². The van der Waals surface area contributed by atoms with Gasteiger partial charge in [0.1, 0.15) is 5.83 Å². The van der Waals surface area contributed by atoms with Gasteiger partial charge < -0.3 is 4.74 Å². The number of ether oxygens (including phenoxy) is 1. The number of carbonyl (C=O) groups is 1. The summed E-state index contributed by atoms with van der Waals surface area (Å²) in [4.78, 5) is 13.1. The standard InChI is InChI=1S/C25H40F2O2/c1-3-5-7-8-11-20-13-15-21(16-14-20)19-23(28)25(29-18-9-6-4-2)17-10-12-22(26)24(25)27/h10,12,17,20-21,24H,3-9,11,13-16,18-19H2,1-2H3. The van der Waals surface area contributed by atoms with Crippen LogP contribution in [-0.4, -0.2) is 24.2 Å². The second-order valence-electron chi connectivity index (χ2n) is 8.99. The molecule has 29 heavy (non-hydrogen) atoms. The highest BCUT2D eigenvalue weighted by Gasteiger charge is 2.49. The summed E-state index contributed by atoms with van der Waals surface area (Å²) in [5, 5.41) is 0. The third-order valence-corrected chi connectivity index (χ3v) is 6.65. The highest BCUT2D eigenvalue weighted by molar-refractivity contribution is 5.91. The Kier molecular flexibility index (Phi) is 10.5. The maximum Gasteiger partial charge on any atom is 0.191 e. The molecule has 1 fully saturated rings. The van der Waals surface area contributed by atoms with Crippen LogP contribution >= 0.6 is 0 Å². The van der Waals surface area contributed by atoms with Gasteiger partial charge in [-0.05, 0) is 43.3 Å². The molecule has 2 unspecified atom stereocenters. The van der Waals surface area contributed by atoms with Crippen molar-refractivity contribution in [1.29, 1.82) is 0 Å². The predicted molar refractivity (Wildman–Crippen MR) is 115 cm³/mol. The molecule has 0 aromatic heterocycles. The van der Waals surface area contributed by atoms with Crippen LogP contribution in [0.25, 0.3) is 0 Å². The van der Waals surface area contributed by atoms with E-state index in [1.54, 1.807) is 0 Å². The van der Waals surface area contributed by atoms with E-state index in [0.717, 1.165) is 56.9 Å². The molecule has 0 aliphatic heterocycles. The van der Waals surface area contributed by atoms with Crippen molar-refractivity contribution in [1.82, 2.24) is 0 Å². The minimum absolute atomic E-state index is 0.264. The smallest absolute Gasteiger partial charge is 0.191 e. The Morgan fingerprint density at radius 1 is 1.03 bits per heavy atom. The van der Waals surface area contributed by atoms with E-state index in [1.807, 2.05) is 0 Å². The van der Waals surface area contributed by atoms with Crippen LogP contribution in [-0.2, 0) is 9.53 Å². The summed E-state index contributed by atoms with van der Waals surface area (Å²) in [7, 11) is 0. The second kappa shape index (κ2) is 12.6. The lowest BCUT2D eigenvalue weighted by Crippen LogP contribution is -2.50. The summed E-state index contributed by atoms with van der Waals surface area (Å²) in [6.45, 7) is 4.58. The molecule has 1 saturated carbocycles. The molecule has 0 N–H and O–H groups in total. The van der Waals surface area contributed by atoms with Crippen LogP contribution in [0.15, 0.2) is 24.1 Å². The number of ketones is 1. The van der Waals surface area contributed by atoms with E-state index >= 15 is 0 Å². The van der Waals surface area contributed by atoms with Gasteiger partial charge in [-0.25, -0.2) is 8.78 Å². The van der Waals surface area contributed by atoms with Gasteiger partial charge in [0.05, 0.1) is 0 Å². The number of alkyl halides is 1. The maximum absolute atomic E-state index is 14.8. The van der Waals surface area contributed by atoms with Crippen molar-refractivity contribution in [3.05, 3.63) is 24.1 Å². The molecule has 0 heterocycles. The molecule has 166 valence electrons. The summed E-state index contributed by atoms with van der Waals surface area (Å²) in [6.07, 6.45) is 15.7. The van der Waals surface area contributed by atoms with Crippen molar-refractivity contribution in [2.24, 2.45) is 11.8 Å². The van der Waals surface area contributed by atoms with Gasteiger partial charge >= 0.3 is 0 Å². The van der Waals surface area contributed by atoms with Crippen LogP contribution in [0, 0.1) is 11.8 Å². The van der Waals surface area contributed by atoms with Gasteiger partial charge in [-0.15, -0.1) is 0 Å². The van der Waals surface area contributed by atoms with Crippen molar-refractivity contribution < 1.29 is 18.3 Å². The molecule has 0 saturated heterocycles. The molecule has 2 nitrogen and oxygen atoms in total. The number of unbranched alkanes of at least 4 members (excludes halogenated alkanes) is 5. The van der Waals surface area contributed by atoms with Gasteiger partial charge in [0.15, 0.2) is 17.6 Å². The van der Waals surface area contributed by atoms with Gasteiger partial charge in [0, 0.05) is 13.0 Å². The Labute approximate surface area is 176 Å². The number of allylic oxidation sites excluding steroid dienone is 2. The zero-order valence-corrected chi connectivity index (χ0v) is 18.4. The number of hydrogen-bond acceptors (Lipinski definition) is 2. The van der Waals surface area contributed by atoms with Gasteiger partial charge in [0.25, 0.3) is 0 Å². The molecule has 2 aliphatic rings. The average Bonchev–Trinajstić information content (AvgIpc) is 2.73. The lowest BCUT2D eigenvalue weighted by molar-refractivity contribution is -0.147. The largest absolute Gasteiger partial charge is 0.359 e. The van der Waals surface area contributed by atoms with Crippen LogP contribution in [0.2, 0.25) is 0 Å². The summed E-state index contributed by atoms with van der Waals surface area (Å²) in [5.41, 5.74) is -1.77. The van der Waals surface area contributed by atoms with Crippen molar-refractivity contribution in [3.8, 4) is 0 Å². The molecule has 0 spiro atoms. The minimum Gasteiger partial charge on any atom is -0.359 e. The van der Waals surface area contributed by atoms with Crippen LogP contribution in [0.1, 0.15) is 97.3 Å². The third-order valence-electron chi connectivity index (χ3n) is 6.65. The zero-order valence-electron chi connectivity index (χ0n) is 18.4. The number of carbonyl (C=O) groups excluding carboxylic acids is 1. The van der Waals surface area contributed by atoms with Crippen LogP contribution < -0.4 is 0 Å². The van der Waals surface area contributed by atoms with E-state index < -0.39 is 17.6 Å². The van der Waals surface area contributed by atoms with Gasteiger partial charge in [-0.1, -0.05) is 77.7 Å². The molecule has 2 aliphatic carbocycles. The molecule has 0 amide bonds. The predicted octanol–water partition coefficient (Wildman–Crippen LogP) is 7.43. The highest BCUT2D eigenvalue weighted by atomic mass is 19.2. The number of Topliss-reactive ketones (excluding diaryl/α,β-unsaturated/α-hetero) is 1. The molecule has 2 atom stereocenters. The van der Waals surface area contributed by atoms with E-state index in [9.17, 15) is 13.6 Å². The van der Waals surface area contributed by atoms with E-state index in [-0.39, 0.29) is 24.7 Å². The fourth-order valence-corrected chi connectivity index (χ4v) is 4.69. The number of rotatable bonds is 13. The first-order chi connectivity index (χ1) is 14.0. The molecule has 0 aromatic carbocycles. The maximum atomic E-state index is 14.8. The van der Waals surface area contributed by atoms with Crippen molar-refractivity contribution in [2.75, 3.05) is 6.61 Å². The molecule has 0 aromatic rings. The Balaban J connectivity index is 1.88. The third kappa shape index (κ3) is 7.01. The summed E-state index contributed by atoms with van der Waals surface area (Å²) in [5.74, 6) is -0.180. The quantitative estimate of drug-likeness (QED) is 0.295. The summed E-state index contributed by atoms with van der Waals surface area (Å²) in [6, 6.07) is 0. The molecular weight excluding hydrogens is 370 g/mol. The normalized spacial score (nSPS) is 29.7. The van der Waals surface area contributed by atoms with E-state index in [2.05, 4.69) is 13.8 Å². The van der Waals surface area contributed by atoms with Gasteiger partial charge in [-0.3, -0.25) is 4.79 Å². The Bertz CT molecular complexity index is 549. The number of hydrogen-bond donors (Lipinski definition) is 0. The molecule has 0 bridgehead atoms. The van der Waals surface area contributed by atoms with Crippen LogP contribution in [0.5, 0.6) is 0 Å². The fraction of sp³-hybridized carbons (Fsp3) is 0.800. The summed E-state index contributed by atoms with van der Waals surface area (Å²) < 4.78 is 34.6. The van der Waals surface area contributed by atoms with E-state index in [0.29, 0.717) is 0 Å². The van der Waals surface area contributed by atoms with Gasteiger partial charge in [-0.2, -0.15) is 0 Å². The van der Waals surface area contributed by atoms with E-state index in [4.69, 9.17) is 4.74 Å². The SMILES string of the molecule is CCCCCCC1CCC(CC(=O)C2(OCCCCC)C=CC=C(F)C2F)CC1. The molecule has 0 radical (unpaired) electrons. The first-order valence-corrected chi connectivity index (χ1v) is 11.9. The number of halogens is 2. The summed E-state index contributed by atoms with van der Waals surface area (Å²) >= 11 is 0. The Hall–Kier alpha value is -1.03. The van der Waals surface area contributed by atoms with Crippen molar-refractivity contribution >= 4 is 5.78 Å². The van der Waals surface area contributed by atoms with Crippen LogP contribution in [0.3, 0.4) is 0 Å². The minimum atomic E-state index is -2.03. The highest BCUT2D eigenvalue weighted by Crippen LogP contribution is 2.38. The first-order valence-electron chi connectivity index (χ1n) is 11.9. The second-order valence-corrected chi connectivity index (χ2v) is 8.99. The van der Waals surface area contributed by atoms with Crippen molar-refractivity contribution in [3.63, 3.8) is 0 Å². The lowest BCUT2D eigenvalue weighted by atomic mass is 9.75. The average molecular weight is 411 g/mol. The Morgan fingerprint density at radius 3 is 2.38 bits per heavy atom. The zero-order chi connectivity index (χ0) is 21.1. The fourth-order valence-electron chi connectivity index (χ4n) is 4.69. The van der Waals surface area contributed by atoms with Gasteiger partial charge in [0.2, 0.25) is 0 Å². The topological polar surface area (TPSA) is 26.3 Å². The molecule has 2 rings (SSSR count). The first kappa shape index (κ1) is 24.2. The Morgan fingerprint density at radius 2 is 1.69 bits per heavy atom. The lowest BCUT2D eigenvalue weighted by Gasteiger charge is -2.36.